The van der Waals surface area contributed by atoms with Crippen molar-refractivity contribution >= 4 is 15.9 Å². The molecule has 1 aromatic carbocycles. The standard InChI is InChI=1S/C13H14F3NO3S/c1-8(9-6-7-9)12(18)17-21(19,20)11-5-3-2-4-10(11)13(14,15)16/h2-5,8-9H,6-7H2,1H3,(H,17,18). The Kier molecular flexibility index (Phi) is 4.01. The quantitative estimate of drug-likeness (QED) is 0.927. The van der Waals surface area contributed by atoms with Crippen LogP contribution in [0.5, 0.6) is 0 Å². The van der Waals surface area contributed by atoms with Crippen molar-refractivity contribution in [2.75, 3.05) is 0 Å². The van der Waals surface area contributed by atoms with Crippen LogP contribution in [-0.2, 0) is 21.0 Å². The molecule has 0 bridgehead atoms. The number of hydrogen-bond acceptors (Lipinski definition) is 3. The summed E-state index contributed by atoms with van der Waals surface area (Å²) in [5.74, 6) is -1.19. The van der Waals surface area contributed by atoms with Crippen LogP contribution in [-0.4, -0.2) is 14.3 Å². The Morgan fingerprint density at radius 3 is 2.38 bits per heavy atom. The van der Waals surface area contributed by atoms with E-state index in [0.717, 1.165) is 25.0 Å². The molecule has 0 saturated heterocycles. The van der Waals surface area contributed by atoms with E-state index in [1.165, 1.54) is 6.07 Å². The van der Waals surface area contributed by atoms with Crippen LogP contribution < -0.4 is 4.72 Å². The Balaban J connectivity index is 2.30. The molecule has 1 aliphatic rings. The summed E-state index contributed by atoms with van der Waals surface area (Å²) in [6.07, 6.45) is -3.15. The second-order valence-electron chi connectivity index (χ2n) is 5.09. The second-order valence-corrected chi connectivity index (χ2v) is 6.74. The van der Waals surface area contributed by atoms with Crippen LogP contribution in [0.15, 0.2) is 29.2 Å². The zero-order valence-corrected chi connectivity index (χ0v) is 12.0. The monoisotopic (exact) mass is 321 g/mol. The van der Waals surface area contributed by atoms with Gasteiger partial charge in [0.1, 0.15) is 0 Å². The number of nitrogens with one attached hydrogen (secondary N) is 1. The fourth-order valence-corrected chi connectivity index (χ4v) is 3.32. The minimum Gasteiger partial charge on any atom is -0.274 e. The van der Waals surface area contributed by atoms with Crippen molar-refractivity contribution in [2.45, 2.75) is 30.8 Å². The molecule has 0 heterocycles. The van der Waals surface area contributed by atoms with Gasteiger partial charge in [-0.3, -0.25) is 4.79 Å². The number of carbonyl (C=O) groups is 1. The normalized spacial score (nSPS) is 17.3. The molecular weight excluding hydrogens is 307 g/mol. The highest BCUT2D eigenvalue weighted by Gasteiger charge is 2.39. The molecule has 116 valence electrons. The van der Waals surface area contributed by atoms with Gasteiger partial charge in [-0.1, -0.05) is 19.1 Å². The van der Waals surface area contributed by atoms with Crippen LogP contribution in [0, 0.1) is 11.8 Å². The Bertz CT molecular complexity index is 651. The van der Waals surface area contributed by atoms with Gasteiger partial charge in [-0.05, 0) is 30.9 Å². The van der Waals surface area contributed by atoms with Crippen LogP contribution in [0.2, 0.25) is 0 Å². The lowest BCUT2D eigenvalue weighted by atomic mass is 10.1. The van der Waals surface area contributed by atoms with Crippen LogP contribution in [0.1, 0.15) is 25.3 Å². The zero-order valence-electron chi connectivity index (χ0n) is 11.1. The second kappa shape index (κ2) is 5.32. The maximum Gasteiger partial charge on any atom is 0.417 e. The van der Waals surface area contributed by atoms with E-state index in [1.807, 2.05) is 0 Å². The minimum atomic E-state index is -4.81. The van der Waals surface area contributed by atoms with Crippen molar-refractivity contribution in [3.05, 3.63) is 29.8 Å². The molecule has 1 unspecified atom stereocenters. The van der Waals surface area contributed by atoms with Gasteiger partial charge in [0.25, 0.3) is 10.0 Å². The van der Waals surface area contributed by atoms with Gasteiger partial charge in [0.05, 0.1) is 10.5 Å². The summed E-state index contributed by atoms with van der Waals surface area (Å²) >= 11 is 0. The first-order chi connectivity index (χ1) is 9.63. The number of carbonyl (C=O) groups excluding carboxylic acids is 1. The topological polar surface area (TPSA) is 63.2 Å². The molecule has 2 rings (SSSR count). The molecule has 1 fully saturated rings. The predicted molar refractivity (Wildman–Crippen MR) is 68.7 cm³/mol. The fraction of sp³-hybridized carbons (Fsp3) is 0.462. The average molecular weight is 321 g/mol. The van der Waals surface area contributed by atoms with Crippen molar-refractivity contribution in [3.63, 3.8) is 0 Å². The molecule has 1 aliphatic carbocycles. The van der Waals surface area contributed by atoms with E-state index in [4.69, 9.17) is 0 Å². The van der Waals surface area contributed by atoms with Gasteiger partial charge in [-0.25, -0.2) is 13.1 Å². The Hall–Kier alpha value is -1.57. The number of alkyl halides is 3. The lowest BCUT2D eigenvalue weighted by Crippen LogP contribution is -2.36. The summed E-state index contributed by atoms with van der Waals surface area (Å²) in [7, 11) is -4.54. The molecule has 0 aromatic heterocycles. The molecule has 1 atom stereocenters. The van der Waals surface area contributed by atoms with Crippen LogP contribution in [0.3, 0.4) is 0 Å². The molecule has 0 radical (unpaired) electrons. The van der Waals surface area contributed by atoms with Gasteiger partial charge >= 0.3 is 6.18 Å². The highest BCUT2D eigenvalue weighted by atomic mass is 32.2. The van der Waals surface area contributed by atoms with Crippen molar-refractivity contribution in [1.29, 1.82) is 0 Å². The van der Waals surface area contributed by atoms with E-state index in [2.05, 4.69) is 0 Å². The summed E-state index contributed by atoms with van der Waals surface area (Å²) < 4.78 is 64.3. The van der Waals surface area contributed by atoms with Gasteiger partial charge in [0.2, 0.25) is 5.91 Å². The highest BCUT2D eigenvalue weighted by molar-refractivity contribution is 7.90. The average Bonchev–Trinajstić information content (AvgIpc) is 3.20. The Morgan fingerprint density at radius 1 is 1.29 bits per heavy atom. The zero-order chi connectivity index (χ0) is 15.8. The summed E-state index contributed by atoms with van der Waals surface area (Å²) in [6, 6.07) is 3.78. The van der Waals surface area contributed by atoms with E-state index in [0.29, 0.717) is 6.07 Å². The first kappa shape index (κ1) is 15.8. The molecular formula is C13H14F3NO3S. The van der Waals surface area contributed by atoms with Crippen molar-refractivity contribution in [1.82, 2.24) is 4.72 Å². The number of amides is 1. The van der Waals surface area contributed by atoms with Gasteiger partial charge in [0.15, 0.2) is 0 Å². The lowest BCUT2D eigenvalue weighted by Gasteiger charge is -2.15. The smallest absolute Gasteiger partial charge is 0.274 e. The van der Waals surface area contributed by atoms with Gasteiger partial charge in [0, 0.05) is 5.92 Å². The van der Waals surface area contributed by atoms with Gasteiger partial charge in [-0.15, -0.1) is 0 Å². The molecule has 1 aromatic rings. The highest BCUT2D eigenvalue weighted by Crippen LogP contribution is 2.37. The van der Waals surface area contributed by atoms with E-state index < -0.39 is 38.5 Å². The minimum absolute atomic E-state index is 0.109. The molecule has 1 saturated carbocycles. The van der Waals surface area contributed by atoms with E-state index in [-0.39, 0.29) is 5.92 Å². The summed E-state index contributed by atoms with van der Waals surface area (Å²) in [5.41, 5.74) is -1.29. The third-order valence-corrected chi connectivity index (χ3v) is 4.86. The Labute approximate surface area is 120 Å². The SMILES string of the molecule is CC(C(=O)NS(=O)(=O)c1ccccc1C(F)(F)F)C1CC1. The number of sulfonamides is 1. The number of hydrogen-bond donors (Lipinski definition) is 1. The number of benzene rings is 1. The predicted octanol–water partition coefficient (Wildman–Crippen LogP) is 2.56. The molecule has 0 spiro atoms. The summed E-state index contributed by atoms with van der Waals surface area (Å²) in [6.45, 7) is 1.57. The van der Waals surface area contributed by atoms with Crippen molar-refractivity contribution in [2.24, 2.45) is 11.8 Å². The number of rotatable bonds is 4. The van der Waals surface area contributed by atoms with Crippen LogP contribution in [0.25, 0.3) is 0 Å². The molecule has 21 heavy (non-hydrogen) atoms. The maximum atomic E-state index is 12.8. The molecule has 0 aliphatic heterocycles. The first-order valence-electron chi connectivity index (χ1n) is 6.36. The summed E-state index contributed by atoms with van der Waals surface area (Å²) in [5, 5.41) is 0. The first-order valence-corrected chi connectivity index (χ1v) is 7.84. The largest absolute Gasteiger partial charge is 0.417 e. The molecule has 1 amide bonds. The molecule has 8 heteroatoms. The molecule has 4 nitrogen and oxygen atoms in total. The van der Waals surface area contributed by atoms with E-state index >= 15 is 0 Å². The van der Waals surface area contributed by atoms with Gasteiger partial charge < -0.3 is 0 Å². The van der Waals surface area contributed by atoms with Crippen LogP contribution in [0.4, 0.5) is 13.2 Å². The number of halogens is 3. The van der Waals surface area contributed by atoms with Crippen molar-refractivity contribution < 1.29 is 26.4 Å². The summed E-state index contributed by atoms with van der Waals surface area (Å²) in [4.78, 5) is 10.9. The van der Waals surface area contributed by atoms with Gasteiger partial charge in [-0.2, -0.15) is 13.2 Å². The van der Waals surface area contributed by atoms with Crippen molar-refractivity contribution in [3.8, 4) is 0 Å². The Morgan fingerprint density at radius 2 is 1.86 bits per heavy atom. The third kappa shape index (κ3) is 3.55. The van der Waals surface area contributed by atoms with E-state index in [1.54, 1.807) is 11.6 Å². The molecule has 1 N–H and O–H groups in total. The van der Waals surface area contributed by atoms with Crippen LogP contribution >= 0.6 is 0 Å². The van der Waals surface area contributed by atoms with E-state index in [9.17, 15) is 26.4 Å². The maximum absolute atomic E-state index is 12.8. The lowest BCUT2D eigenvalue weighted by molar-refractivity contribution is -0.140. The fourth-order valence-electron chi connectivity index (χ4n) is 2.03. The third-order valence-electron chi connectivity index (χ3n) is 3.46.